The molecule has 0 heterocycles. The van der Waals surface area contributed by atoms with Crippen LogP contribution in [0, 0.1) is 0 Å². The Hall–Kier alpha value is -2.50. The molecule has 0 radical (unpaired) electrons. The Balaban J connectivity index is 3.30. The number of allylic oxidation sites excluding steroid dienone is 1. The first kappa shape index (κ1) is 17.6. The minimum absolute atomic E-state index is 0.228. The van der Waals surface area contributed by atoms with E-state index in [0.717, 1.165) is 12.2 Å². The molecule has 0 saturated carbocycles. The summed E-state index contributed by atoms with van der Waals surface area (Å²) in [6, 6.07) is 3.09. The van der Waals surface area contributed by atoms with Crippen LogP contribution in [0.15, 0.2) is 24.3 Å². The maximum Gasteiger partial charge on any atom is 0.328 e. The first-order chi connectivity index (χ1) is 10.5. The minimum atomic E-state index is -1.19. The molecule has 0 aromatic heterocycles. The topological polar surface area (TPSA) is 82.1 Å². The van der Waals surface area contributed by atoms with Gasteiger partial charge in [-0.25, -0.2) is 4.79 Å². The van der Waals surface area contributed by atoms with Gasteiger partial charge >= 0.3 is 5.97 Å². The van der Waals surface area contributed by atoms with Gasteiger partial charge in [0.15, 0.2) is 17.3 Å². The quantitative estimate of drug-likeness (QED) is 0.558. The van der Waals surface area contributed by atoms with Gasteiger partial charge in [-0.05, 0) is 32.9 Å². The molecule has 0 unspecified atom stereocenters. The second kappa shape index (κ2) is 8.71. The van der Waals surface area contributed by atoms with Crippen LogP contribution in [-0.2, 0) is 4.79 Å². The first-order valence-electron chi connectivity index (χ1n) is 7.05. The van der Waals surface area contributed by atoms with E-state index in [1.807, 2.05) is 13.8 Å². The molecule has 1 N–H and O–H groups in total. The van der Waals surface area contributed by atoms with Crippen molar-refractivity contribution in [2.75, 3.05) is 19.8 Å². The molecule has 1 rings (SSSR count). The zero-order chi connectivity index (χ0) is 16.5. The molecule has 6 heteroatoms. The number of hydrogen-bond acceptors (Lipinski definition) is 5. The summed E-state index contributed by atoms with van der Waals surface area (Å²) in [6.07, 6.45) is 1.77. The van der Waals surface area contributed by atoms with E-state index in [2.05, 4.69) is 0 Å². The molecule has 0 bridgehead atoms. The van der Waals surface area contributed by atoms with Gasteiger partial charge < -0.3 is 19.3 Å². The fourth-order valence-corrected chi connectivity index (χ4v) is 1.78. The third kappa shape index (κ3) is 4.80. The molecule has 1 aromatic rings. The Morgan fingerprint density at radius 2 is 1.41 bits per heavy atom. The predicted octanol–water partition coefficient (Wildman–Crippen LogP) is 2.71. The average molecular weight is 308 g/mol. The maximum atomic E-state index is 12.1. The highest BCUT2D eigenvalue weighted by Crippen LogP contribution is 2.35. The third-order valence-electron chi connectivity index (χ3n) is 2.59. The van der Waals surface area contributed by atoms with E-state index in [1.165, 1.54) is 6.07 Å². The lowest BCUT2D eigenvalue weighted by Crippen LogP contribution is -2.06. The normalized spacial score (nSPS) is 10.5. The lowest BCUT2D eigenvalue weighted by atomic mass is 10.1. The number of benzene rings is 1. The van der Waals surface area contributed by atoms with Crippen molar-refractivity contribution in [1.82, 2.24) is 0 Å². The molecule has 0 aliphatic rings. The third-order valence-corrected chi connectivity index (χ3v) is 2.59. The molecule has 0 aliphatic heterocycles. The Morgan fingerprint density at radius 3 is 1.91 bits per heavy atom. The predicted molar refractivity (Wildman–Crippen MR) is 81.1 cm³/mol. The van der Waals surface area contributed by atoms with Gasteiger partial charge in [0.25, 0.3) is 0 Å². The van der Waals surface area contributed by atoms with Crippen molar-refractivity contribution < 1.29 is 28.9 Å². The van der Waals surface area contributed by atoms with E-state index < -0.39 is 11.8 Å². The Labute approximate surface area is 129 Å². The van der Waals surface area contributed by atoms with Crippen LogP contribution in [0.2, 0.25) is 0 Å². The Morgan fingerprint density at radius 1 is 0.909 bits per heavy atom. The van der Waals surface area contributed by atoms with Crippen molar-refractivity contribution in [3.63, 3.8) is 0 Å². The van der Waals surface area contributed by atoms with Crippen LogP contribution in [0.3, 0.4) is 0 Å². The highest BCUT2D eigenvalue weighted by Gasteiger charge is 2.17. The highest BCUT2D eigenvalue weighted by molar-refractivity contribution is 6.09. The summed E-state index contributed by atoms with van der Waals surface area (Å²) < 4.78 is 16.4. The fraction of sp³-hybridized carbons (Fsp3) is 0.375. The molecule has 0 aliphatic carbocycles. The molecular weight excluding hydrogens is 288 g/mol. The summed E-state index contributed by atoms with van der Waals surface area (Å²) in [7, 11) is 0. The van der Waals surface area contributed by atoms with Crippen LogP contribution in [0.25, 0.3) is 0 Å². The van der Waals surface area contributed by atoms with Crippen LogP contribution in [0.1, 0.15) is 31.1 Å². The van der Waals surface area contributed by atoms with Gasteiger partial charge in [0, 0.05) is 12.1 Å². The molecule has 0 spiro atoms. The van der Waals surface area contributed by atoms with E-state index in [1.54, 1.807) is 13.0 Å². The van der Waals surface area contributed by atoms with Gasteiger partial charge in [0.1, 0.15) is 5.75 Å². The first-order valence-corrected chi connectivity index (χ1v) is 7.05. The summed E-state index contributed by atoms with van der Waals surface area (Å²) in [5.74, 6) is -0.446. The van der Waals surface area contributed by atoms with E-state index in [-0.39, 0.29) is 5.56 Å². The number of aliphatic carboxylic acids is 1. The van der Waals surface area contributed by atoms with Gasteiger partial charge in [-0.15, -0.1) is 0 Å². The number of ether oxygens (including phenoxy) is 3. The summed E-state index contributed by atoms with van der Waals surface area (Å²) in [5.41, 5.74) is 0.228. The Bertz CT molecular complexity index is 562. The summed E-state index contributed by atoms with van der Waals surface area (Å²) in [6.45, 7) is 6.66. The SMILES string of the molecule is CCOc1cc(OCC)c(C(=O)C=CC(=O)O)cc1OCC. The van der Waals surface area contributed by atoms with Crippen LogP contribution in [0.4, 0.5) is 0 Å². The molecule has 22 heavy (non-hydrogen) atoms. The summed E-state index contributed by atoms with van der Waals surface area (Å²) in [5, 5.41) is 8.62. The molecule has 120 valence electrons. The van der Waals surface area contributed by atoms with Gasteiger partial charge in [-0.3, -0.25) is 4.79 Å². The van der Waals surface area contributed by atoms with Crippen molar-refractivity contribution in [3.05, 3.63) is 29.8 Å². The zero-order valence-electron chi connectivity index (χ0n) is 12.9. The number of hydrogen-bond donors (Lipinski definition) is 1. The van der Waals surface area contributed by atoms with Crippen LogP contribution < -0.4 is 14.2 Å². The molecule has 0 atom stereocenters. The van der Waals surface area contributed by atoms with Crippen LogP contribution in [0.5, 0.6) is 17.2 Å². The van der Waals surface area contributed by atoms with Gasteiger partial charge in [0.2, 0.25) is 0 Å². The molecule has 6 nitrogen and oxygen atoms in total. The van der Waals surface area contributed by atoms with Gasteiger partial charge in [-0.2, -0.15) is 0 Å². The molecular formula is C16H20O6. The fourth-order valence-electron chi connectivity index (χ4n) is 1.78. The van der Waals surface area contributed by atoms with Gasteiger partial charge in [0.05, 0.1) is 25.4 Å². The number of carboxylic acid groups (broad SMARTS) is 1. The van der Waals surface area contributed by atoms with Crippen molar-refractivity contribution in [2.24, 2.45) is 0 Å². The van der Waals surface area contributed by atoms with Crippen LogP contribution in [-0.4, -0.2) is 36.7 Å². The van der Waals surface area contributed by atoms with E-state index in [9.17, 15) is 9.59 Å². The zero-order valence-corrected chi connectivity index (χ0v) is 12.9. The summed E-state index contributed by atoms with van der Waals surface area (Å²) >= 11 is 0. The second-order valence-electron chi connectivity index (χ2n) is 4.13. The number of rotatable bonds is 9. The van der Waals surface area contributed by atoms with E-state index in [0.29, 0.717) is 37.1 Å². The number of carbonyl (C=O) groups excluding carboxylic acids is 1. The number of ketones is 1. The molecule has 1 aromatic carbocycles. The van der Waals surface area contributed by atoms with E-state index in [4.69, 9.17) is 19.3 Å². The summed E-state index contributed by atoms with van der Waals surface area (Å²) in [4.78, 5) is 22.7. The van der Waals surface area contributed by atoms with Crippen molar-refractivity contribution >= 4 is 11.8 Å². The molecule has 0 saturated heterocycles. The standard InChI is InChI=1S/C16H20O6/c1-4-20-13-10-15(22-6-3)14(21-5-2)9-11(13)12(17)7-8-16(18)19/h7-10H,4-6H2,1-3H3,(H,18,19). The largest absolute Gasteiger partial charge is 0.493 e. The highest BCUT2D eigenvalue weighted by atomic mass is 16.5. The number of carbonyl (C=O) groups is 2. The number of carboxylic acids is 1. The lowest BCUT2D eigenvalue weighted by molar-refractivity contribution is -0.131. The van der Waals surface area contributed by atoms with Gasteiger partial charge in [-0.1, -0.05) is 0 Å². The molecule has 0 fully saturated rings. The van der Waals surface area contributed by atoms with Crippen molar-refractivity contribution in [1.29, 1.82) is 0 Å². The van der Waals surface area contributed by atoms with Crippen molar-refractivity contribution in [3.8, 4) is 17.2 Å². The lowest BCUT2D eigenvalue weighted by Gasteiger charge is -2.15. The van der Waals surface area contributed by atoms with Crippen molar-refractivity contribution in [2.45, 2.75) is 20.8 Å². The molecule has 0 amide bonds. The monoisotopic (exact) mass is 308 g/mol. The smallest absolute Gasteiger partial charge is 0.328 e. The maximum absolute atomic E-state index is 12.1. The minimum Gasteiger partial charge on any atom is -0.493 e. The average Bonchev–Trinajstić information content (AvgIpc) is 2.48. The second-order valence-corrected chi connectivity index (χ2v) is 4.13. The van der Waals surface area contributed by atoms with E-state index >= 15 is 0 Å². The van der Waals surface area contributed by atoms with Crippen LogP contribution >= 0.6 is 0 Å². The Kier molecular flexibility index (Phi) is 6.95.